The lowest BCUT2D eigenvalue weighted by Gasteiger charge is -2.06. The summed E-state index contributed by atoms with van der Waals surface area (Å²) >= 11 is 0. The zero-order chi connectivity index (χ0) is 5.82. The highest BCUT2D eigenvalue weighted by molar-refractivity contribution is 5.55. The summed E-state index contributed by atoms with van der Waals surface area (Å²) in [7, 11) is 1.80. The first-order valence-electron chi connectivity index (χ1n) is 2.91. The van der Waals surface area contributed by atoms with Crippen LogP contribution < -0.4 is 0 Å². The minimum absolute atomic E-state index is 1.08. The van der Waals surface area contributed by atoms with Gasteiger partial charge in [0.2, 0.25) is 0 Å². The van der Waals surface area contributed by atoms with E-state index in [1.54, 1.807) is 7.05 Å². The van der Waals surface area contributed by atoms with Crippen LogP contribution in [0.25, 0.3) is 0 Å². The molecule has 2 nitrogen and oxygen atoms in total. The molecule has 8 heavy (non-hydrogen) atoms. The predicted molar refractivity (Wildman–Crippen MR) is 34.9 cm³/mol. The third kappa shape index (κ3) is 1.22. The van der Waals surface area contributed by atoms with E-state index in [0.717, 1.165) is 13.1 Å². The van der Waals surface area contributed by atoms with Crippen LogP contribution in [0.1, 0.15) is 6.42 Å². The second kappa shape index (κ2) is 2.70. The Morgan fingerprint density at radius 1 is 1.75 bits per heavy atom. The van der Waals surface area contributed by atoms with E-state index in [1.807, 2.05) is 6.34 Å². The molecule has 0 aromatic rings. The molecule has 2 heteroatoms. The molecule has 1 aliphatic rings. The molecule has 1 fully saturated rings. The highest BCUT2D eigenvalue weighted by atomic mass is 15.2. The van der Waals surface area contributed by atoms with Crippen LogP contribution in [0.5, 0.6) is 0 Å². The highest BCUT2D eigenvalue weighted by Crippen LogP contribution is 2.02. The molecule has 1 rings (SSSR count). The largest absolute Gasteiger partial charge is 0.363 e. The minimum atomic E-state index is 1.08. The van der Waals surface area contributed by atoms with Crippen LogP contribution in [0.15, 0.2) is 4.99 Å². The van der Waals surface area contributed by atoms with Gasteiger partial charge in [0.05, 0.1) is 6.34 Å². The third-order valence-electron chi connectivity index (χ3n) is 1.26. The standard InChI is InChI=1S/C6H11N2/c1-7-6-8-4-2-3-5-8/h2,6H,3-5H2,1H3. The smallest absolute Gasteiger partial charge is 0.0846 e. The van der Waals surface area contributed by atoms with Gasteiger partial charge in [0.25, 0.3) is 0 Å². The lowest BCUT2D eigenvalue weighted by Crippen LogP contribution is -2.16. The molecule has 0 N–H and O–H groups in total. The summed E-state index contributed by atoms with van der Waals surface area (Å²) in [6.45, 7) is 2.23. The van der Waals surface area contributed by atoms with Crippen LogP contribution in [0.4, 0.5) is 0 Å². The SMILES string of the molecule is CN=CN1C[CH]CC1. The fourth-order valence-electron chi connectivity index (χ4n) is 0.874. The maximum Gasteiger partial charge on any atom is 0.0846 e. The Bertz CT molecular complexity index is 82.5. The Morgan fingerprint density at radius 2 is 2.62 bits per heavy atom. The second-order valence-electron chi connectivity index (χ2n) is 1.95. The zero-order valence-electron chi connectivity index (χ0n) is 5.17. The zero-order valence-corrected chi connectivity index (χ0v) is 5.17. The van der Waals surface area contributed by atoms with Crippen LogP contribution in [-0.4, -0.2) is 31.4 Å². The molecule has 0 bridgehead atoms. The average Bonchev–Trinajstić information content (AvgIpc) is 2.19. The maximum absolute atomic E-state index is 3.90. The van der Waals surface area contributed by atoms with Gasteiger partial charge < -0.3 is 4.90 Å². The molecule has 0 saturated carbocycles. The van der Waals surface area contributed by atoms with E-state index in [4.69, 9.17) is 0 Å². The molecule has 1 saturated heterocycles. The Kier molecular flexibility index (Phi) is 1.89. The summed E-state index contributed by atoms with van der Waals surface area (Å²) in [5.41, 5.74) is 0. The normalized spacial score (nSPS) is 20.9. The molecule has 1 heterocycles. The molecule has 0 amide bonds. The van der Waals surface area contributed by atoms with Crippen molar-refractivity contribution in [3.8, 4) is 0 Å². The first-order chi connectivity index (χ1) is 3.93. The van der Waals surface area contributed by atoms with Crippen LogP contribution in [0.2, 0.25) is 0 Å². The Balaban J connectivity index is 2.24. The topological polar surface area (TPSA) is 15.6 Å². The number of aliphatic imine (C=N–C) groups is 1. The van der Waals surface area contributed by atoms with Gasteiger partial charge in [0.1, 0.15) is 0 Å². The van der Waals surface area contributed by atoms with Crippen molar-refractivity contribution < 1.29 is 0 Å². The van der Waals surface area contributed by atoms with E-state index in [1.165, 1.54) is 6.42 Å². The van der Waals surface area contributed by atoms with Crippen LogP contribution in [0, 0.1) is 6.42 Å². The molecule has 1 radical (unpaired) electrons. The first-order valence-corrected chi connectivity index (χ1v) is 2.91. The molecule has 0 aromatic carbocycles. The van der Waals surface area contributed by atoms with E-state index in [0.29, 0.717) is 0 Å². The summed E-state index contributed by atoms with van der Waals surface area (Å²) in [6.07, 6.45) is 5.37. The van der Waals surface area contributed by atoms with Crippen molar-refractivity contribution in [3.63, 3.8) is 0 Å². The Hall–Kier alpha value is -0.530. The van der Waals surface area contributed by atoms with E-state index in [2.05, 4.69) is 16.3 Å². The van der Waals surface area contributed by atoms with Crippen LogP contribution in [0.3, 0.4) is 0 Å². The van der Waals surface area contributed by atoms with E-state index >= 15 is 0 Å². The Labute approximate surface area is 50.2 Å². The van der Waals surface area contributed by atoms with Gasteiger partial charge >= 0.3 is 0 Å². The number of hydrogen-bond donors (Lipinski definition) is 0. The molecular weight excluding hydrogens is 100 g/mol. The molecule has 0 spiro atoms. The van der Waals surface area contributed by atoms with Crippen molar-refractivity contribution in [3.05, 3.63) is 6.42 Å². The summed E-state index contributed by atoms with van der Waals surface area (Å²) in [5, 5.41) is 0. The molecule has 45 valence electrons. The molecule has 0 aliphatic carbocycles. The first kappa shape index (κ1) is 5.60. The van der Waals surface area contributed by atoms with Crippen molar-refractivity contribution in [2.75, 3.05) is 20.1 Å². The van der Waals surface area contributed by atoms with Crippen molar-refractivity contribution in [2.24, 2.45) is 4.99 Å². The molecular formula is C6H11N2. The maximum atomic E-state index is 3.90. The highest BCUT2D eigenvalue weighted by Gasteiger charge is 2.05. The van der Waals surface area contributed by atoms with Gasteiger partial charge in [-0.2, -0.15) is 0 Å². The minimum Gasteiger partial charge on any atom is -0.363 e. The molecule has 0 aromatic heterocycles. The van der Waals surface area contributed by atoms with Crippen molar-refractivity contribution >= 4 is 6.34 Å². The number of rotatable bonds is 1. The quantitative estimate of drug-likeness (QED) is 0.356. The number of nitrogens with zero attached hydrogens (tertiary/aromatic N) is 2. The van der Waals surface area contributed by atoms with Crippen LogP contribution >= 0.6 is 0 Å². The molecule has 0 atom stereocenters. The molecule has 1 aliphatic heterocycles. The molecule has 0 unspecified atom stereocenters. The van der Waals surface area contributed by atoms with Gasteiger partial charge in [-0.05, 0) is 12.8 Å². The second-order valence-corrected chi connectivity index (χ2v) is 1.95. The van der Waals surface area contributed by atoms with E-state index in [9.17, 15) is 0 Å². The van der Waals surface area contributed by atoms with Gasteiger partial charge in [-0.1, -0.05) is 0 Å². The summed E-state index contributed by atoms with van der Waals surface area (Å²) in [6, 6.07) is 0. The number of likely N-dealkylation sites (tertiary alicyclic amines) is 1. The van der Waals surface area contributed by atoms with Crippen molar-refractivity contribution in [1.29, 1.82) is 0 Å². The van der Waals surface area contributed by atoms with Crippen molar-refractivity contribution in [2.45, 2.75) is 6.42 Å². The van der Waals surface area contributed by atoms with Crippen LogP contribution in [-0.2, 0) is 0 Å². The van der Waals surface area contributed by atoms with E-state index in [-0.39, 0.29) is 0 Å². The lowest BCUT2D eigenvalue weighted by molar-refractivity contribution is 0.542. The monoisotopic (exact) mass is 111 g/mol. The van der Waals surface area contributed by atoms with Gasteiger partial charge in [-0.15, -0.1) is 0 Å². The Morgan fingerprint density at radius 3 is 3.12 bits per heavy atom. The van der Waals surface area contributed by atoms with Crippen molar-refractivity contribution in [1.82, 2.24) is 4.90 Å². The van der Waals surface area contributed by atoms with E-state index < -0.39 is 0 Å². The lowest BCUT2D eigenvalue weighted by atomic mass is 10.4. The summed E-state index contributed by atoms with van der Waals surface area (Å²) < 4.78 is 0. The fraction of sp³-hybridized carbons (Fsp3) is 0.667. The summed E-state index contributed by atoms with van der Waals surface area (Å²) in [4.78, 5) is 6.09. The fourth-order valence-corrected chi connectivity index (χ4v) is 0.874. The van der Waals surface area contributed by atoms with Gasteiger partial charge in [0.15, 0.2) is 0 Å². The van der Waals surface area contributed by atoms with Gasteiger partial charge in [0, 0.05) is 20.1 Å². The average molecular weight is 111 g/mol. The summed E-state index contributed by atoms with van der Waals surface area (Å²) in [5.74, 6) is 0. The van der Waals surface area contributed by atoms with Gasteiger partial charge in [-0.3, -0.25) is 4.99 Å². The third-order valence-corrected chi connectivity index (χ3v) is 1.26. The van der Waals surface area contributed by atoms with Gasteiger partial charge in [-0.25, -0.2) is 0 Å². The number of hydrogen-bond acceptors (Lipinski definition) is 1. The predicted octanol–water partition coefficient (Wildman–Crippen LogP) is 0.554.